The number of carbonyl (C=O) groups is 2. The number of hydrogen-bond acceptors (Lipinski definition) is 5. The molecule has 110 valence electrons. The quantitative estimate of drug-likeness (QED) is 0.619. The first-order valence-corrected chi connectivity index (χ1v) is 6.38. The van der Waals surface area contributed by atoms with Crippen LogP contribution < -0.4 is 16.0 Å². The predicted octanol–water partition coefficient (Wildman–Crippen LogP) is 0.936. The van der Waals surface area contributed by atoms with E-state index in [1.807, 2.05) is 24.8 Å². The molecule has 0 spiro atoms. The summed E-state index contributed by atoms with van der Waals surface area (Å²) in [5.41, 5.74) is 8.16. The van der Waals surface area contributed by atoms with Crippen LogP contribution in [0.4, 0.5) is 11.4 Å². The maximum atomic E-state index is 11.7. The molecule has 1 rings (SSSR count). The van der Waals surface area contributed by atoms with Gasteiger partial charge >= 0.3 is 5.97 Å². The van der Waals surface area contributed by atoms with Gasteiger partial charge in [0.05, 0.1) is 19.2 Å². The van der Waals surface area contributed by atoms with Crippen LogP contribution in [0.15, 0.2) is 12.1 Å². The van der Waals surface area contributed by atoms with Gasteiger partial charge in [0, 0.05) is 25.0 Å². The minimum atomic E-state index is -0.483. The van der Waals surface area contributed by atoms with Crippen LogP contribution >= 0.6 is 0 Å². The third kappa shape index (κ3) is 3.40. The van der Waals surface area contributed by atoms with Gasteiger partial charge in [0.2, 0.25) is 5.91 Å². The van der Waals surface area contributed by atoms with Gasteiger partial charge in [-0.3, -0.25) is 4.79 Å². The van der Waals surface area contributed by atoms with Gasteiger partial charge in [-0.2, -0.15) is 0 Å². The maximum Gasteiger partial charge on any atom is 0.340 e. The van der Waals surface area contributed by atoms with E-state index in [9.17, 15) is 9.59 Å². The number of aryl methyl sites for hydroxylation is 1. The summed E-state index contributed by atoms with van der Waals surface area (Å²) in [5, 5.41) is 2.58. The fourth-order valence-electron chi connectivity index (χ4n) is 1.88. The van der Waals surface area contributed by atoms with Crippen molar-refractivity contribution in [1.29, 1.82) is 0 Å². The van der Waals surface area contributed by atoms with Crippen LogP contribution in [0.25, 0.3) is 0 Å². The third-order valence-corrected chi connectivity index (χ3v) is 3.14. The SMILES string of the molecule is CCN(CC(=O)NC)c1cc(C)c(N)c(C(=O)OC)c1. The van der Waals surface area contributed by atoms with E-state index >= 15 is 0 Å². The summed E-state index contributed by atoms with van der Waals surface area (Å²) in [6.45, 7) is 4.61. The molecule has 0 fully saturated rings. The largest absolute Gasteiger partial charge is 0.465 e. The fourth-order valence-corrected chi connectivity index (χ4v) is 1.88. The van der Waals surface area contributed by atoms with Gasteiger partial charge in [-0.05, 0) is 31.5 Å². The summed E-state index contributed by atoms with van der Waals surface area (Å²) < 4.78 is 4.73. The Kier molecular flexibility index (Phi) is 5.37. The van der Waals surface area contributed by atoms with Gasteiger partial charge in [-0.25, -0.2) is 4.79 Å². The molecule has 0 unspecified atom stereocenters. The van der Waals surface area contributed by atoms with Crippen molar-refractivity contribution in [2.45, 2.75) is 13.8 Å². The minimum Gasteiger partial charge on any atom is -0.465 e. The molecule has 1 aromatic rings. The zero-order chi connectivity index (χ0) is 15.3. The van der Waals surface area contributed by atoms with Crippen molar-refractivity contribution in [1.82, 2.24) is 5.32 Å². The lowest BCUT2D eigenvalue weighted by Gasteiger charge is -2.23. The maximum absolute atomic E-state index is 11.7. The van der Waals surface area contributed by atoms with E-state index in [4.69, 9.17) is 10.5 Å². The number of ether oxygens (including phenoxy) is 1. The number of nitrogens with two attached hydrogens (primary N) is 1. The Balaban J connectivity index is 3.20. The summed E-state index contributed by atoms with van der Waals surface area (Å²) in [6, 6.07) is 3.51. The van der Waals surface area contributed by atoms with E-state index < -0.39 is 5.97 Å². The first-order valence-electron chi connectivity index (χ1n) is 6.38. The number of nitrogen functional groups attached to an aromatic ring is 1. The second-order valence-electron chi connectivity index (χ2n) is 4.40. The number of anilines is 2. The zero-order valence-electron chi connectivity index (χ0n) is 12.3. The number of methoxy groups -OCH3 is 1. The molecule has 0 aliphatic carbocycles. The van der Waals surface area contributed by atoms with Crippen molar-refractivity contribution in [2.24, 2.45) is 0 Å². The van der Waals surface area contributed by atoms with Gasteiger partial charge in [0.15, 0.2) is 0 Å². The lowest BCUT2D eigenvalue weighted by atomic mass is 10.1. The molecule has 6 nitrogen and oxygen atoms in total. The van der Waals surface area contributed by atoms with Gasteiger partial charge < -0.3 is 20.7 Å². The van der Waals surface area contributed by atoms with E-state index in [1.165, 1.54) is 7.11 Å². The molecule has 0 aromatic heterocycles. The van der Waals surface area contributed by atoms with Crippen molar-refractivity contribution < 1.29 is 14.3 Å². The summed E-state index contributed by atoms with van der Waals surface area (Å²) >= 11 is 0. The van der Waals surface area contributed by atoms with Crippen molar-refractivity contribution in [3.8, 4) is 0 Å². The minimum absolute atomic E-state index is 0.0963. The highest BCUT2D eigenvalue weighted by atomic mass is 16.5. The van der Waals surface area contributed by atoms with Crippen molar-refractivity contribution in [3.05, 3.63) is 23.3 Å². The molecule has 0 radical (unpaired) electrons. The van der Waals surface area contributed by atoms with Crippen LogP contribution in [-0.4, -0.2) is 39.1 Å². The van der Waals surface area contributed by atoms with Crippen LogP contribution in [-0.2, 0) is 9.53 Å². The third-order valence-electron chi connectivity index (χ3n) is 3.14. The fraction of sp³-hybridized carbons (Fsp3) is 0.429. The second-order valence-corrected chi connectivity index (χ2v) is 4.40. The number of hydrogen-bond donors (Lipinski definition) is 2. The van der Waals surface area contributed by atoms with E-state index in [1.54, 1.807) is 13.1 Å². The molecule has 0 aliphatic heterocycles. The van der Waals surface area contributed by atoms with E-state index in [0.717, 1.165) is 11.3 Å². The molecule has 1 aromatic carbocycles. The molecular formula is C14H21N3O3. The molecule has 6 heteroatoms. The van der Waals surface area contributed by atoms with E-state index in [0.29, 0.717) is 17.8 Å². The molecular weight excluding hydrogens is 258 g/mol. The lowest BCUT2D eigenvalue weighted by Crippen LogP contribution is -2.35. The van der Waals surface area contributed by atoms with Crippen LogP contribution in [0.1, 0.15) is 22.8 Å². The average molecular weight is 279 g/mol. The van der Waals surface area contributed by atoms with Gasteiger partial charge in [-0.15, -0.1) is 0 Å². The average Bonchev–Trinajstić information content (AvgIpc) is 2.46. The Morgan fingerprint density at radius 2 is 2.05 bits per heavy atom. The monoisotopic (exact) mass is 279 g/mol. The van der Waals surface area contributed by atoms with Crippen molar-refractivity contribution in [3.63, 3.8) is 0 Å². The molecule has 3 N–H and O–H groups in total. The Bertz CT molecular complexity index is 515. The molecule has 0 bridgehead atoms. The molecule has 20 heavy (non-hydrogen) atoms. The number of benzene rings is 1. The number of esters is 1. The summed E-state index contributed by atoms with van der Waals surface area (Å²) in [4.78, 5) is 25.1. The highest BCUT2D eigenvalue weighted by Crippen LogP contribution is 2.26. The van der Waals surface area contributed by atoms with Crippen molar-refractivity contribution >= 4 is 23.3 Å². The molecule has 0 heterocycles. The summed E-state index contributed by atoms with van der Waals surface area (Å²) in [7, 11) is 2.90. The molecule has 0 atom stereocenters. The van der Waals surface area contributed by atoms with Crippen LogP contribution in [0.5, 0.6) is 0 Å². The van der Waals surface area contributed by atoms with Crippen LogP contribution in [0, 0.1) is 6.92 Å². The lowest BCUT2D eigenvalue weighted by molar-refractivity contribution is -0.119. The number of nitrogens with one attached hydrogen (secondary N) is 1. The predicted molar refractivity (Wildman–Crippen MR) is 78.9 cm³/mol. The summed E-state index contributed by atoms with van der Waals surface area (Å²) in [6.07, 6.45) is 0. The van der Waals surface area contributed by atoms with E-state index in [-0.39, 0.29) is 12.5 Å². The number of likely N-dealkylation sites (N-methyl/N-ethyl adjacent to an activating group) is 2. The number of carbonyl (C=O) groups excluding carboxylic acids is 2. The highest BCUT2D eigenvalue weighted by molar-refractivity contribution is 5.97. The Labute approximate surface area is 118 Å². The first kappa shape index (κ1) is 15.8. The first-order chi connectivity index (χ1) is 9.44. The van der Waals surface area contributed by atoms with Crippen molar-refractivity contribution in [2.75, 3.05) is 37.9 Å². The highest BCUT2D eigenvalue weighted by Gasteiger charge is 2.17. The van der Waals surface area contributed by atoms with E-state index in [2.05, 4.69) is 5.32 Å². The summed E-state index contributed by atoms with van der Waals surface area (Å²) in [5.74, 6) is -0.579. The smallest absolute Gasteiger partial charge is 0.340 e. The van der Waals surface area contributed by atoms with Crippen LogP contribution in [0.3, 0.4) is 0 Å². The second kappa shape index (κ2) is 6.79. The molecule has 1 amide bonds. The molecule has 0 saturated heterocycles. The molecule has 0 aliphatic rings. The topological polar surface area (TPSA) is 84.7 Å². The zero-order valence-corrected chi connectivity index (χ0v) is 12.3. The Morgan fingerprint density at radius 1 is 1.40 bits per heavy atom. The van der Waals surface area contributed by atoms with Crippen LogP contribution in [0.2, 0.25) is 0 Å². The molecule has 0 saturated carbocycles. The Hall–Kier alpha value is -2.24. The number of nitrogens with zero attached hydrogens (tertiary/aromatic N) is 1. The van der Waals surface area contributed by atoms with Gasteiger partial charge in [0.25, 0.3) is 0 Å². The van der Waals surface area contributed by atoms with Gasteiger partial charge in [0.1, 0.15) is 0 Å². The number of amides is 1. The standard InChI is InChI=1S/C14H21N3O3/c1-5-17(8-12(18)16-3)10-6-9(2)13(15)11(7-10)14(19)20-4/h6-7H,5,8,15H2,1-4H3,(H,16,18). The normalized spacial score (nSPS) is 10.0. The Morgan fingerprint density at radius 3 is 2.55 bits per heavy atom. The number of rotatable bonds is 5. The van der Waals surface area contributed by atoms with Gasteiger partial charge in [-0.1, -0.05) is 0 Å².